The van der Waals surface area contributed by atoms with E-state index in [0.717, 1.165) is 32.1 Å². The van der Waals surface area contributed by atoms with Gasteiger partial charge in [0, 0.05) is 18.5 Å². The third kappa shape index (κ3) is 7.71. The number of fused-ring (bicyclic) bond motifs is 2. The largest absolute Gasteiger partial charge is 0.444 e. The molecule has 0 aromatic rings. The summed E-state index contributed by atoms with van der Waals surface area (Å²) in [6.07, 6.45) is 9.33. The van der Waals surface area contributed by atoms with Gasteiger partial charge in [0.25, 0.3) is 5.91 Å². The van der Waals surface area contributed by atoms with Gasteiger partial charge in [-0.15, -0.1) is 0 Å². The molecular weight excluding hydrogens is 526 g/mol. The van der Waals surface area contributed by atoms with Gasteiger partial charge in [0.05, 0.1) is 0 Å². The molecule has 0 spiro atoms. The van der Waals surface area contributed by atoms with Crippen LogP contribution in [0.2, 0.25) is 0 Å². The average Bonchev–Trinajstić information content (AvgIpc) is 3.70. The van der Waals surface area contributed by atoms with Crippen molar-refractivity contribution in [1.82, 2.24) is 25.0 Å². The minimum absolute atomic E-state index is 0.175. The summed E-state index contributed by atoms with van der Waals surface area (Å²) in [5, 5.41) is 5.50. The number of nitrogens with zero attached hydrogens (tertiary/aromatic N) is 1. The first-order valence-electron chi connectivity index (χ1n) is 13.9. The van der Waals surface area contributed by atoms with Crippen molar-refractivity contribution in [2.45, 2.75) is 114 Å². The summed E-state index contributed by atoms with van der Waals surface area (Å²) < 4.78 is 34.8. The van der Waals surface area contributed by atoms with E-state index in [4.69, 9.17) is 4.74 Å². The summed E-state index contributed by atoms with van der Waals surface area (Å²) in [6.45, 7) is 5.56. The summed E-state index contributed by atoms with van der Waals surface area (Å²) in [5.74, 6) is -2.02. The van der Waals surface area contributed by atoms with Crippen molar-refractivity contribution in [3.8, 4) is 0 Å². The van der Waals surface area contributed by atoms with Gasteiger partial charge in [-0.05, 0) is 72.1 Å². The van der Waals surface area contributed by atoms with E-state index in [1.165, 1.54) is 4.90 Å². The lowest BCUT2D eigenvalue weighted by Gasteiger charge is -2.30. The molecule has 0 bridgehead atoms. The number of hydrogen-bond donors (Lipinski definition) is 4. The predicted octanol–water partition coefficient (Wildman–Crippen LogP) is 1.38. The highest BCUT2D eigenvalue weighted by Crippen LogP contribution is 2.45. The number of rotatable bonds is 5. The normalized spacial score (nSPS) is 30.2. The van der Waals surface area contributed by atoms with Gasteiger partial charge in [0.2, 0.25) is 11.8 Å². The third-order valence-electron chi connectivity index (χ3n) is 7.45. The monoisotopic (exact) mass is 567 g/mol. The van der Waals surface area contributed by atoms with Gasteiger partial charge >= 0.3 is 16.3 Å². The van der Waals surface area contributed by atoms with E-state index in [9.17, 15) is 27.6 Å². The second kappa shape index (κ2) is 11.4. The molecule has 4 amide bonds. The smallest absolute Gasteiger partial charge is 0.408 e. The Labute approximate surface area is 230 Å². The first kappa shape index (κ1) is 29.3. The maximum Gasteiger partial charge on any atom is 0.408 e. The summed E-state index contributed by atoms with van der Waals surface area (Å²) >= 11 is 0. The number of alkyl carbamates (subject to hydrolysis) is 1. The van der Waals surface area contributed by atoms with Crippen LogP contribution in [0.4, 0.5) is 4.79 Å². The molecule has 0 aromatic heterocycles. The van der Waals surface area contributed by atoms with Crippen LogP contribution in [0.1, 0.15) is 85.0 Å². The Morgan fingerprint density at radius 3 is 2.51 bits per heavy atom. The molecule has 1 saturated heterocycles. The van der Waals surface area contributed by atoms with Crippen molar-refractivity contribution >= 4 is 34.0 Å². The van der Waals surface area contributed by atoms with Gasteiger partial charge in [-0.25, -0.2) is 9.52 Å². The van der Waals surface area contributed by atoms with Crippen molar-refractivity contribution in [2.24, 2.45) is 5.92 Å². The van der Waals surface area contributed by atoms with Gasteiger partial charge in [-0.1, -0.05) is 25.0 Å². The molecule has 4 aliphatic rings. The van der Waals surface area contributed by atoms with Gasteiger partial charge in [0.15, 0.2) is 0 Å². The molecule has 4 N–H and O–H groups in total. The Kier molecular flexibility index (Phi) is 8.60. The van der Waals surface area contributed by atoms with Crippen LogP contribution in [0, 0.1) is 5.92 Å². The molecule has 2 aliphatic heterocycles. The molecule has 3 fully saturated rings. The fraction of sp³-hybridized carbons (Fsp3) is 0.769. The molecule has 0 aromatic carbocycles. The van der Waals surface area contributed by atoms with E-state index < -0.39 is 51.3 Å². The summed E-state index contributed by atoms with van der Waals surface area (Å²) in [7, 11) is -4.06. The van der Waals surface area contributed by atoms with Crippen LogP contribution in [0.25, 0.3) is 0 Å². The van der Waals surface area contributed by atoms with Crippen LogP contribution in [-0.2, 0) is 29.3 Å². The molecular formula is C26H41N5O7S. The van der Waals surface area contributed by atoms with E-state index in [-0.39, 0.29) is 24.3 Å². The standard InChI is InChI=1S/C26H41N5O7S/c1-25(2,3)38-24(35)27-19-11-8-6-4-5-7-10-17-16-26(17,23(34)30-39(36,37)29-18-13-14-18)28-21(32)20-12-9-15-31(20)22(19)33/h7,10,17-20,29H,4-6,8-9,11-16H2,1-3H3,(H,27,35)(H,28,32)(H,30,34)/t17-,19+,20+,26-/m1/s1. The van der Waals surface area contributed by atoms with Crippen LogP contribution < -0.4 is 20.1 Å². The quantitative estimate of drug-likeness (QED) is 0.365. The summed E-state index contributed by atoms with van der Waals surface area (Å²) in [4.78, 5) is 54.3. The Hall–Kier alpha value is -2.67. The van der Waals surface area contributed by atoms with E-state index >= 15 is 0 Å². The van der Waals surface area contributed by atoms with Crippen LogP contribution in [-0.4, -0.2) is 72.9 Å². The number of carbonyl (C=O) groups is 4. The molecule has 0 radical (unpaired) electrons. The maximum absolute atomic E-state index is 13.6. The number of hydrogen-bond acceptors (Lipinski definition) is 7. The predicted molar refractivity (Wildman–Crippen MR) is 142 cm³/mol. The minimum atomic E-state index is -4.06. The maximum atomic E-state index is 13.6. The Morgan fingerprint density at radius 1 is 1.08 bits per heavy atom. The zero-order valence-electron chi connectivity index (χ0n) is 23.0. The Morgan fingerprint density at radius 2 is 1.82 bits per heavy atom. The fourth-order valence-corrected chi connectivity index (χ4v) is 6.37. The average molecular weight is 568 g/mol. The van der Waals surface area contributed by atoms with Crippen molar-refractivity contribution in [3.05, 3.63) is 12.2 Å². The molecule has 13 heteroatoms. The molecule has 0 unspecified atom stereocenters. The van der Waals surface area contributed by atoms with Crippen molar-refractivity contribution in [1.29, 1.82) is 0 Å². The summed E-state index contributed by atoms with van der Waals surface area (Å²) in [5.41, 5.74) is -2.13. The van der Waals surface area contributed by atoms with E-state index in [1.54, 1.807) is 20.8 Å². The molecule has 12 nitrogen and oxygen atoms in total. The first-order chi connectivity index (χ1) is 18.3. The third-order valence-corrected chi connectivity index (χ3v) is 8.55. The van der Waals surface area contributed by atoms with Crippen molar-refractivity contribution < 1.29 is 32.3 Å². The highest BCUT2D eigenvalue weighted by molar-refractivity contribution is 7.88. The number of nitrogens with one attached hydrogen (secondary N) is 4. The number of allylic oxidation sites excluding steroid dienone is 1. The van der Waals surface area contributed by atoms with Crippen LogP contribution >= 0.6 is 0 Å². The molecule has 4 rings (SSSR count). The highest BCUT2D eigenvalue weighted by atomic mass is 32.2. The van der Waals surface area contributed by atoms with Gasteiger partial charge < -0.3 is 20.3 Å². The van der Waals surface area contributed by atoms with Crippen LogP contribution in [0.5, 0.6) is 0 Å². The lowest BCUT2D eigenvalue weighted by Crippen LogP contribution is -2.59. The Balaban J connectivity index is 1.52. The van der Waals surface area contributed by atoms with E-state index in [0.29, 0.717) is 32.2 Å². The Bertz CT molecular complexity index is 1110. The van der Waals surface area contributed by atoms with E-state index in [2.05, 4.69) is 20.1 Å². The molecule has 2 saturated carbocycles. The zero-order chi connectivity index (χ0) is 28.4. The second-order valence-corrected chi connectivity index (χ2v) is 13.5. The molecule has 218 valence electrons. The number of ether oxygens (including phenoxy) is 1. The van der Waals surface area contributed by atoms with Crippen LogP contribution in [0.3, 0.4) is 0 Å². The molecule has 2 aliphatic carbocycles. The molecule has 39 heavy (non-hydrogen) atoms. The first-order valence-corrected chi connectivity index (χ1v) is 15.4. The zero-order valence-corrected chi connectivity index (χ0v) is 23.8. The van der Waals surface area contributed by atoms with Crippen molar-refractivity contribution in [3.63, 3.8) is 0 Å². The number of amides is 4. The topological polar surface area (TPSA) is 163 Å². The van der Waals surface area contributed by atoms with Gasteiger partial charge in [-0.2, -0.15) is 13.1 Å². The molecule has 2 heterocycles. The highest BCUT2D eigenvalue weighted by Gasteiger charge is 2.61. The van der Waals surface area contributed by atoms with E-state index in [1.807, 2.05) is 12.2 Å². The van der Waals surface area contributed by atoms with Gasteiger partial charge in [0.1, 0.15) is 23.2 Å². The lowest BCUT2D eigenvalue weighted by atomic mass is 10.0. The SMILES string of the molecule is CC(C)(C)OC(=O)N[C@H]1CCCCCC=C[C@@H]2C[C@@]2(C(=O)NS(=O)(=O)NC2CC2)NC(=O)[C@@H]2CCCN2C1=O. The van der Waals surface area contributed by atoms with Gasteiger partial charge in [-0.3, -0.25) is 14.4 Å². The minimum Gasteiger partial charge on any atom is -0.444 e. The second-order valence-electron chi connectivity index (χ2n) is 12.1. The fourth-order valence-electron chi connectivity index (χ4n) is 5.21. The summed E-state index contributed by atoms with van der Waals surface area (Å²) in [6, 6.07) is -1.86. The number of carbonyl (C=O) groups excluding carboxylic acids is 4. The van der Waals surface area contributed by atoms with Crippen LogP contribution in [0.15, 0.2) is 12.2 Å². The van der Waals surface area contributed by atoms with Crippen molar-refractivity contribution in [2.75, 3.05) is 6.54 Å². The lowest BCUT2D eigenvalue weighted by molar-refractivity contribution is -0.141. The molecule has 4 atom stereocenters.